The third-order valence-electron chi connectivity index (χ3n) is 1.84. The van der Waals surface area contributed by atoms with Crippen LogP contribution in [0.25, 0.3) is 0 Å². The summed E-state index contributed by atoms with van der Waals surface area (Å²) in [7, 11) is -3.45. The van der Waals surface area contributed by atoms with Gasteiger partial charge in [0.1, 0.15) is 4.21 Å². The van der Waals surface area contributed by atoms with E-state index in [-0.39, 0.29) is 10.1 Å². The lowest BCUT2D eigenvalue weighted by atomic mass is 10.1. The highest BCUT2D eigenvalue weighted by molar-refractivity contribution is 7.94. The summed E-state index contributed by atoms with van der Waals surface area (Å²) in [5.41, 5.74) is 0. The van der Waals surface area contributed by atoms with Gasteiger partial charge in [0.25, 0.3) is 0 Å². The van der Waals surface area contributed by atoms with E-state index >= 15 is 0 Å². The van der Waals surface area contributed by atoms with Crippen LogP contribution in [-0.2, 0) is 9.84 Å². The molecule has 0 aliphatic carbocycles. The predicted octanol–water partition coefficient (Wildman–Crippen LogP) is 2.07. The second-order valence-electron chi connectivity index (χ2n) is 3.27. The number of hydrogen-bond acceptors (Lipinski definition) is 4. The molecule has 14 heavy (non-hydrogen) atoms. The molecule has 0 radical (unpaired) electrons. The van der Waals surface area contributed by atoms with Crippen LogP contribution in [0.15, 0.2) is 21.7 Å². The molecule has 1 atom stereocenters. The van der Waals surface area contributed by atoms with Crippen LogP contribution in [0, 0.1) is 17.2 Å². The molecule has 1 rings (SSSR count). The number of nitriles is 1. The molecule has 0 N–H and O–H groups in total. The Morgan fingerprint density at radius 1 is 1.50 bits per heavy atom. The highest BCUT2D eigenvalue weighted by Crippen LogP contribution is 2.24. The quantitative estimate of drug-likeness (QED) is 0.797. The monoisotopic (exact) mass is 229 g/mol. The van der Waals surface area contributed by atoms with Crippen LogP contribution in [0.2, 0.25) is 0 Å². The maximum absolute atomic E-state index is 11.9. The highest BCUT2D eigenvalue weighted by atomic mass is 32.2. The van der Waals surface area contributed by atoms with E-state index in [2.05, 4.69) is 0 Å². The largest absolute Gasteiger partial charge is 0.221 e. The van der Waals surface area contributed by atoms with E-state index in [1.807, 2.05) is 6.07 Å². The van der Waals surface area contributed by atoms with Crippen LogP contribution in [0.3, 0.4) is 0 Å². The lowest BCUT2D eigenvalue weighted by Gasteiger charge is -2.11. The van der Waals surface area contributed by atoms with Crippen molar-refractivity contribution in [2.45, 2.75) is 23.3 Å². The maximum atomic E-state index is 11.9. The molecule has 1 aromatic rings. The zero-order chi connectivity index (χ0) is 10.8. The van der Waals surface area contributed by atoms with Crippen molar-refractivity contribution in [3.63, 3.8) is 0 Å². The molecule has 0 aliphatic rings. The van der Waals surface area contributed by atoms with Gasteiger partial charge in [-0.05, 0) is 17.4 Å². The summed E-state index contributed by atoms with van der Waals surface area (Å²) < 4.78 is 24.0. The van der Waals surface area contributed by atoms with E-state index in [0.29, 0.717) is 0 Å². The van der Waals surface area contributed by atoms with E-state index in [1.165, 1.54) is 6.07 Å². The van der Waals surface area contributed by atoms with Gasteiger partial charge in [-0.2, -0.15) is 5.26 Å². The van der Waals surface area contributed by atoms with E-state index in [9.17, 15) is 8.42 Å². The Labute approximate surface area is 87.9 Å². The SMILES string of the molecule is CC(C)C(C#N)S(=O)(=O)c1cccs1. The van der Waals surface area contributed by atoms with Crippen LogP contribution in [0.1, 0.15) is 13.8 Å². The van der Waals surface area contributed by atoms with Crippen LogP contribution >= 0.6 is 11.3 Å². The molecular weight excluding hydrogens is 218 g/mol. The molecule has 0 aliphatic heterocycles. The molecule has 76 valence electrons. The Morgan fingerprint density at radius 2 is 2.14 bits per heavy atom. The van der Waals surface area contributed by atoms with Gasteiger partial charge >= 0.3 is 0 Å². The first-order valence-electron chi connectivity index (χ1n) is 4.17. The molecule has 3 nitrogen and oxygen atoms in total. The molecular formula is C9H11NO2S2. The number of thiophene rings is 1. The Morgan fingerprint density at radius 3 is 2.50 bits per heavy atom. The van der Waals surface area contributed by atoms with E-state index in [4.69, 9.17) is 5.26 Å². The Hall–Kier alpha value is -0.860. The third-order valence-corrected chi connectivity index (χ3v) is 5.51. The molecule has 0 saturated heterocycles. The van der Waals surface area contributed by atoms with Crippen LogP contribution in [-0.4, -0.2) is 13.7 Å². The lowest BCUT2D eigenvalue weighted by Crippen LogP contribution is -2.24. The van der Waals surface area contributed by atoms with Crippen molar-refractivity contribution in [2.24, 2.45) is 5.92 Å². The van der Waals surface area contributed by atoms with Crippen LogP contribution in [0.4, 0.5) is 0 Å². The molecule has 0 aromatic carbocycles. The van der Waals surface area contributed by atoms with Crippen molar-refractivity contribution in [2.75, 3.05) is 0 Å². The highest BCUT2D eigenvalue weighted by Gasteiger charge is 2.30. The fourth-order valence-electron chi connectivity index (χ4n) is 1.13. The summed E-state index contributed by atoms with van der Waals surface area (Å²) in [4.78, 5) is 0. The fourth-order valence-corrected chi connectivity index (χ4v) is 3.96. The normalized spacial score (nSPS) is 13.9. The van der Waals surface area contributed by atoms with Gasteiger partial charge in [0.2, 0.25) is 9.84 Å². The molecule has 0 fully saturated rings. The van der Waals surface area contributed by atoms with E-state index in [0.717, 1.165) is 11.3 Å². The van der Waals surface area contributed by atoms with Gasteiger partial charge in [-0.3, -0.25) is 0 Å². The predicted molar refractivity (Wildman–Crippen MR) is 55.7 cm³/mol. The Balaban J connectivity index is 3.15. The summed E-state index contributed by atoms with van der Waals surface area (Å²) in [5.74, 6) is -0.188. The first kappa shape index (κ1) is 11.2. The van der Waals surface area contributed by atoms with E-state index < -0.39 is 15.1 Å². The minimum Gasteiger partial charge on any atom is -0.221 e. The zero-order valence-electron chi connectivity index (χ0n) is 7.97. The Kier molecular flexibility index (Phi) is 3.29. The maximum Gasteiger partial charge on any atom is 0.204 e. The van der Waals surface area contributed by atoms with Gasteiger partial charge < -0.3 is 0 Å². The van der Waals surface area contributed by atoms with Crippen LogP contribution < -0.4 is 0 Å². The van der Waals surface area contributed by atoms with Crippen LogP contribution in [0.5, 0.6) is 0 Å². The molecule has 5 heteroatoms. The molecule has 1 heterocycles. The van der Waals surface area contributed by atoms with Crippen molar-refractivity contribution < 1.29 is 8.42 Å². The molecule has 0 spiro atoms. The number of nitrogens with zero attached hydrogens (tertiary/aromatic N) is 1. The summed E-state index contributed by atoms with van der Waals surface area (Å²) >= 11 is 1.15. The first-order valence-corrected chi connectivity index (χ1v) is 6.59. The van der Waals surface area contributed by atoms with Gasteiger partial charge in [0.05, 0.1) is 6.07 Å². The third kappa shape index (κ3) is 1.97. The van der Waals surface area contributed by atoms with E-state index in [1.54, 1.807) is 25.3 Å². The zero-order valence-corrected chi connectivity index (χ0v) is 9.60. The molecule has 1 unspecified atom stereocenters. The second-order valence-corrected chi connectivity index (χ2v) is 6.51. The summed E-state index contributed by atoms with van der Waals surface area (Å²) in [6, 6.07) is 5.06. The fraction of sp³-hybridized carbons (Fsp3) is 0.444. The number of rotatable bonds is 3. The van der Waals surface area contributed by atoms with Crippen molar-refractivity contribution >= 4 is 21.2 Å². The number of sulfone groups is 1. The van der Waals surface area contributed by atoms with Gasteiger partial charge in [-0.15, -0.1) is 11.3 Å². The molecule has 0 saturated carbocycles. The average molecular weight is 229 g/mol. The molecule has 0 bridgehead atoms. The topological polar surface area (TPSA) is 57.9 Å². The standard InChI is InChI=1S/C9H11NO2S2/c1-7(2)8(6-10)14(11,12)9-4-3-5-13-9/h3-5,7-8H,1-2H3. The van der Waals surface area contributed by atoms with Crippen molar-refractivity contribution in [3.8, 4) is 6.07 Å². The Bertz CT molecular complexity index is 426. The van der Waals surface area contributed by atoms with Crippen molar-refractivity contribution in [1.29, 1.82) is 5.26 Å². The average Bonchev–Trinajstić information content (AvgIpc) is 2.55. The number of hydrogen-bond donors (Lipinski definition) is 0. The van der Waals surface area contributed by atoms with Gasteiger partial charge in [0.15, 0.2) is 5.25 Å². The molecule has 0 amide bonds. The lowest BCUT2D eigenvalue weighted by molar-refractivity contribution is 0.565. The minimum atomic E-state index is -3.45. The summed E-state index contributed by atoms with van der Waals surface area (Å²) in [6.45, 7) is 3.47. The van der Waals surface area contributed by atoms with Gasteiger partial charge in [-0.1, -0.05) is 19.9 Å². The summed E-state index contributed by atoms with van der Waals surface area (Å²) in [6.07, 6.45) is 0. The first-order chi connectivity index (χ1) is 6.50. The second kappa shape index (κ2) is 4.11. The van der Waals surface area contributed by atoms with Crippen molar-refractivity contribution in [1.82, 2.24) is 0 Å². The minimum absolute atomic E-state index is 0.188. The van der Waals surface area contributed by atoms with Crippen molar-refractivity contribution in [3.05, 3.63) is 17.5 Å². The van der Waals surface area contributed by atoms with Gasteiger partial charge in [-0.25, -0.2) is 8.42 Å². The summed E-state index contributed by atoms with van der Waals surface area (Å²) in [5, 5.41) is 9.56. The van der Waals surface area contributed by atoms with Gasteiger partial charge in [0, 0.05) is 0 Å². The molecule has 1 aromatic heterocycles. The smallest absolute Gasteiger partial charge is 0.204 e.